The van der Waals surface area contributed by atoms with Crippen LogP contribution in [0.15, 0.2) is 65.7 Å². The third-order valence-corrected chi connectivity index (χ3v) is 7.51. The van der Waals surface area contributed by atoms with Crippen molar-refractivity contribution in [2.24, 2.45) is 4.99 Å². The van der Waals surface area contributed by atoms with Gasteiger partial charge in [0.2, 0.25) is 0 Å². The van der Waals surface area contributed by atoms with Crippen LogP contribution in [0.25, 0.3) is 0 Å². The molecule has 0 aromatic heterocycles. The molecule has 0 saturated carbocycles. The summed E-state index contributed by atoms with van der Waals surface area (Å²) >= 11 is 1.34. The minimum absolute atomic E-state index is 0.0657. The number of alkyl carbamates (subject to hydrolysis) is 1. The van der Waals surface area contributed by atoms with Crippen LogP contribution in [-0.2, 0) is 27.5 Å². The molecule has 12 heteroatoms. The number of aliphatic imine (C=N–C) groups is 1. The third kappa shape index (κ3) is 8.52. The fourth-order valence-corrected chi connectivity index (χ4v) is 5.17. The van der Waals surface area contributed by atoms with Gasteiger partial charge in [0.25, 0.3) is 10.9 Å². The maximum atomic E-state index is 13.0. The predicted molar refractivity (Wildman–Crippen MR) is 154 cm³/mol. The Morgan fingerprint density at radius 3 is 2.32 bits per heavy atom. The maximum Gasteiger partial charge on any atom is 0.408 e. The molecule has 4 rings (SSSR count). The molecule has 4 atom stereocenters. The van der Waals surface area contributed by atoms with Crippen LogP contribution in [0.5, 0.6) is 0 Å². The number of fused-ring (bicyclic) bond motifs is 1. The molecule has 1 unspecified atom stereocenters. The fraction of sp³-hybridized carbons (Fsp3) is 0.448. The number of nitrogens with zero attached hydrogens (tertiary/aromatic N) is 2. The zero-order valence-electron chi connectivity index (χ0n) is 22.9. The molecule has 11 nitrogen and oxygen atoms in total. The highest BCUT2D eigenvalue weighted by atomic mass is 32.2. The topological polar surface area (TPSA) is 153 Å². The molecule has 0 spiro atoms. The van der Waals surface area contributed by atoms with Crippen LogP contribution in [0.4, 0.5) is 4.79 Å². The minimum atomic E-state index is -1.65. The summed E-state index contributed by atoms with van der Waals surface area (Å²) in [5.41, 5.74) is -0.000855. The van der Waals surface area contributed by atoms with Gasteiger partial charge in [-0.25, -0.2) is 14.9 Å². The van der Waals surface area contributed by atoms with Gasteiger partial charge in [0.15, 0.2) is 0 Å². The second-order valence-corrected chi connectivity index (χ2v) is 10.8. The van der Waals surface area contributed by atoms with Crippen LogP contribution in [0, 0.1) is 0 Å². The number of aliphatic hydroxyl groups excluding tert-OH is 2. The van der Waals surface area contributed by atoms with Crippen LogP contribution < -0.4 is 10.6 Å². The molecule has 5 N–H and O–H groups in total. The lowest BCUT2D eigenvalue weighted by Crippen LogP contribution is -2.46. The Morgan fingerprint density at radius 2 is 1.68 bits per heavy atom. The molecule has 2 aliphatic heterocycles. The highest BCUT2D eigenvalue weighted by Gasteiger charge is 2.51. The number of hydrogen-bond donors (Lipinski definition) is 5. The van der Waals surface area contributed by atoms with E-state index in [1.165, 1.54) is 11.8 Å². The molecule has 2 aromatic rings. The van der Waals surface area contributed by atoms with Crippen LogP contribution in [0.1, 0.15) is 36.8 Å². The largest absolute Gasteiger partial charge is 0.459 e. The minimum Gasteiger partial charge on any atom is -0.459 e. The molecule has 220 valence electrons. The number of carbonyl (C=O) groups excluding carboxylic acids is 2. The first-order valence-corrected chi connectivity index (χ1v) is 14.8. The summed E-state index contributed by atoms with van der Waals surface area (Å²) in [5.74, 6) is -0.156. The van der Waals surface area contributed by atoms with Crippen molar-refractivity contribution in [1.29, 1.82) is 0 Å². The molecule has 0 fully saturated rings. The summed E-state index contributed by atoms with van der Waals surface area (Å²) in [6.45, 7) is 0.660. The van der Waals surface area contributed by atoms with Crippen molar-refractivity contribution in [3.63, 3.8) is 0 Å². The first-order valence-electron chi connectivity index (χ1n) is 13.6. The number of β-amino-alcohol motifs (C(OH)–C–C–N with tert-alkyl or cyclic N) is 1. The lowest BCUT2D eigenvalue weighted by molar-refractivity contribution is -0.541. The molecular weight excluding hydrogens is 548 g/mol. The van der Waals surface area contributed by atoms with Gasteiger partial charge >= 0.3 is 17.9 Å². The summed E-state index contributed by atoms with van der Waals surface area (Å²) in [5, 5.41) is 38.1. The molecule has 2 heterocycles. The van der Waals surface area contributed by atoms with E-state index < -0.39 is 36.0 Å². The van der Waals surface area contributed by atoms with Crippen molar-refractivity contribution in [3.05, 3.63) is 71.8 Å². The Morgan fingerprint density at radius 1 is 1.05 bits per heavy atom. The van der Waals surface area contributed by atoms with Crippen LogP contribution >= 0.6 is 11.8 Å². The van der Waals surface area contributed by atoms with E-state index in [4.69, 9.17) is 9.47 Å². The van der Waals surface area contributed by atoms with Crippen molar-refractivity contribution in [2.75, 3.05) is 19.3 Å². The molecule has 2 aromatic carbocycles. The number of hydrogen-bond acceptors (Lipinski definition) is 10. The summed E-state index contributed by atoms with van der Waals surface area (Å²) in [4.78, 5) is 29.8. The van der Waals surface area contributed by atoms with E-state index in [2.05, 4.69) is 15.6 Å². The second kappa shape index (κ2) is 14.4. The standard InChI is InChI=1S/C29H36N4O7S/c1-41-27-31-26-29(38,32-27)16-23(34)24(35)17-33(26)15-9-8-14-22(25(36)39-18-20-10-4-2-5-11-20)30-28(37)40-19-21-12-6-3-7-13-21/h2-7,10-13,22-24,34-35,38H,8-9,14-19H2,1H3,(H,30,37)/p+1/t22-,23-,24+,29?/m0/s1. The van der Waals surface area contributed by atoms with Gasteiger partial charge in [-0.3, -0.25) is 4.58 Å². The van der Waals surface area contributed by atoms with E-state index in [0.717, 1.165) is 11.1 Å². The molecule has 41 heavy (non-hydrogen) atoms. The number of aliphatic hydroxyl groups is 3. The van der Waals surface area contributed by atoms with Gasteiger partial charge < -0.3 is 30.1 Å². The summed E-state index contributed by atoms with van der Waals surface area (Å²) < 4.78 is 12.6. The van der Waals surface area contributed by atoms with Crippen molar-refractivity contribution >= 4 is 34.8 Å². The highest BCUT2D eigenvalue weighted by Crippen LogP contribution is 2.27. The fourth-order valence-electron chi connectivity index (χ4n) is 4.73. The molecule has 2 aliphatic rings. The summed E-state index contributed by atoms with van der Waals surface area (Å²) in [7, 11) is 0. The average Bonchev–Trinajstić information content (AvgIpc) is 3.28. The number of rotatable bonds is 11. The van der Waals surface area contributed by atoms with E-state index in [1.54, 1.807) is 4.58 Å². The summed E-state index contributed by atoms with van der Waals surface area (Å²) in [6, 6.07) is 17.6. The zero-order valence-corrected chi connectivity index (χ0v) is 23.8. The first kappa shape index (κ1) is 30.5. The third-order valence-electron chi connectivity index (χ3n) is 6.93. The first-order chi connectivity index (χ1) is 19.8. The lowest BCUT2D eigenvalue weighted by atomic mass is 10.0. The lowest BCUT2D eigenvalue weighted by Gasteiger charge is -2.18. The Hall–Kier alpha value is -3.45. The van der Waals surface area contributed by atoms with Crippen molar-refractivity contribution in [2.45, 2.75) is 62.9 Å². The van der Waals surface area contributed by atoms with Gasteiger partial charge in [-0.05, 0) is 36.6 Å². The number of benzene rings is 2. The number of thioether (sulfide) groups is 1. The molecule has 1 amide bonds. The van der Waals surface area contributed by atoms with Crippen molar-refractivity contribution in [3.8, 4) is 0 Å². The van der Waals surface area contributed by atoms with Gasteiger partial charge in [-0.1, -0.05) is 72.4 Å². The van der Waals surface area contributed by atoms with Gasteiger partial charge in [0, 0.05) is 6.42 Å². The smallest absolute Gasteiger partial charge is 0.408 e. The average molecular weight is 586 g/mol. The Bertz CT molecular complexity index is 1240. The van der Waals surface area contributed by atoms with Crippen molar-refractivity contribution < 1.29 is 39.0 Å². The van der Waals surface area contributed by atoms with E-state index in [0.29, 0.717) is 30.4 Å². The van der Waals surface area contributed by atoms with E-state index >= 15 is 0 Å². The van der Waals surface area contributed by atoms with Gasteiger partial charge in [-0.2, -0.15) is 4.99 Å². The van der Waals surface area contributed by atoms with Gasteiger partial charge in [0.05, 0.1) is 12.6 Å². The van der Waals surface area contributed by atoms with Gasteiger partial charge in [-0.15, -0.1) is 0 Å². The normalized spacial score (nSPS) is 22.6. The molecule has 0 radical (unpaired) electrons. The second-order valence-electron chi connectivity index (χ2n) is 10.0. The van der Waals surface area contributed by atoms with Crippen LogP contribution in [0.2, 0.25) is 0 Å². The van der Waals surface area contributed by atoms with Crippen LogP contribution in [-0.4, -0.2) is 86.3 Å². The summed E-state index contributed by atoms with van der Waals surface area (Å²) in [6.07, 6.45) is 0.135. The Labute approximate surface area is 243 Å². The Balaban J connectivity index is 1.37. The highest BCUT2D eigenvalue weighted by molar-refractivity contribution is 8.13. The maximum absolute atomic E-state index is 13.0. The SMILES string of the molecule is CSC1=NC2(O)C[C@H](O)[C@H](O)C[N+](CCCC[C@H](NC(=O)OCc3ccccc3)C(=O)OCc3ccccc3)=C2N1. The predicted octanol–water partition coefficient (Wildman–Crippen LogP) is 1.74. The Kier molecular flexibility index (Phi) is 10.7. The number of unbranched alkanes of at least 4 members (excludes halogenated alkanes) is 1. The van der Waals surface area contributed by atoms with E-state index in [-0.39, 0.29) is 32.6 Å². The van der Waals surface area contributed by atoms with E-state index in [1.807, 2.05) is 66.9 Å². The van der Waals surface area contributed by atoms with E-state index in [9.17, 15) is 24.9 Å². The monoisotopic (exact) mass is 585 g/mol. The van der Waals surface area contributed by atoms with Crippen LogP contribution in [0.3, 0.4) is 0 Å². The van der Waals surface area contributed by atoms with Crippen molar-refractivity contribution in [1.82, 2.24) is 10.6 Å². The molecule has 0 aliphatic carbocycles. The quantitative estimate of drug-likeness (QED) is 0.151. The van der Waals surface area contributed by atoms with Gasteiger partial charge in [0.1, 0.15) is 31.9 Å². The number of carbonyl (C=O) groups is 2. The number of amides is 1. The molecule has 0 saturated heterocycles. The number of esters is 1. The molecule has 0 bridgehead atoms. The number of ether oxygens (including phenoxy) is 2. The number of nitrogens with one attached hydrogen (secondary N) is 2. The number of amidine groups is 2. The zero-order chi connectivity index (χ0) is 29.2. The molecular formula is C29H37N4O7S+.